The van der Waals surface area contributed by atoms with Crippen LogP contribution in [0, 0.1) is 0 Å². The van der Waals surface area contributed by atoms with Crippen LogP contribution < -0.4 is 5.73 Å². The maximum Gasteiger partial charge on any atom is 0.416 e. The average molecular weight is 388 g/mol. The van der Waals surface area contributed by atoms with Crippen molar-refractivity contribution in [2.75, 3.05) is 6.54 Å². The first-order valence-corrected chi connectivity index (χ1v) is 9.75. The summed E-state index contributed by atoms with van der Waals surface area (Å²) in [5.74, 6) is 0. The van der Waals surface area contributed by atoms with Gasteiger partial charge in [-0.1, -0.05) is 18.2 Å². The lowest BCUT2D eigenvalue weighted by Gasteiger charge is -2.08. The number of alkyl halides is 3. The Hall–Kier alpha value is -2.31. The third-order valence-electron chi connectivity index (χ3n) is 4.86. The molecule has 2 aromatic heterocycles. The van der Waals surface area contributed by atoms with E-state index in [1.165, 1.54) is 12.1 Å². The fourth-order valence-electron chi connectivity index (χ4n) is 3.53. The number of thiophene rings is 1. The van der Waals surface area contributed by atoms with Gasteiger partial charge in [0.15, 0.2) is 0 Å². The highest BCUT2D eigenvalue weighted by molar-refractivity contribution is 7.17. The monoisotopic (exact) mass is 388 g/mol. The normalized spacial score (nSPS) is 12.3. The lowest BCUT2D eigenvalue weighted by atomic mass is 9.99. The smallest absolute Gasteiger partial charge is 0.354 e. The maximum atomic E-state index is 13.2. The van der Waals surface area contributed by atoms with E-state index in [2.05, 4.69) is 22.5 Å². The molecule has 0 atom stereocenters. The van der Waals surface area contributed by atoms with Crippen molar-refractivity contribution in [2.45, 2.75) is 25.4 Å². The van der Waals surface area contributed by atoms with Crippen molar-refractivity contribution in [2.24, 2.45) is 5.73 Å². The second-order valence-electron chi connectivity index (χ2n) is 6.63. The predicted octanol–water partition coefficient (Wildman–Crippen LogP) is 6.35. The van der Waals surface area contributed by atoms with Gasteiger partial charge < -0.3 is 10.7 Å². The summed E-state index contributed by atoms with van der Waals surface area (Å²) in [4.78, 5) is 3.37. The predicted molar refractivity (Wildman–Crippen MR) is 106 cm³/mol. The van der Waals surface area contributed by atoms with Crippen molar-refractivity contribution in [1.82, 2.24) is 4.98 Å². The van der Waals surface area contributed by atoms with E-state index in [-0.39, 0.29) is 0 Å². The third-order valence-corrected chi connectivity index (χ3v) is 5.83. The van der Waals surface area contributed by atoms with Gasteiger partial charge in [-0.2, -0.15) is 13.2 Å². The van der Waals surface area contributed by atoms with Crippen LogP contribution in [0.3, 0.4) is 0 Å². The second-order valence-corrected chi connectivity index (χ2v) is 7.54. The molecule has 0 unspecified atom stereocenters. The van der Waals surface area contributed by atoms with Gasteiger partial charge in [-0.25, -0.2) is 0 Å². The molecule has 27 heavy (non-hydrogen) atoms. The minimum atomic E-state index is -4.35. The fraction of sp³-hybridized carbons (Fsp3) is 0.238. The van der Waals surface area contributed by atoms with Crippen LogP contribution in [0.4, 0.5) is 13.2 Å². The number of aryl methyl sites for hydroxylation is 1. The van der Waals surface area contributed by atoms with E-state index < -0.39 is 11.7 Å². The van der Waals surface area contributed by atoms with Crippen molar-refractivity contribution < 1.29 is 13.2 Å². The van der Waals surface area contributed by atoms with Crippen molar-refractivity contribution >= 4 is 32.3 Å². The number of hydrogen-bond donors (Lipinski definition) is 2. The number of hydrogen-bond acceptors (Lipinski definition) is 2. The van der Waals surface area contributed by atoms with Crippen LogP contribution in [0.2, 0.25) is 0 Å². The largest absolute Gasteiger partial charge is 0.416 e. The molecule has 0 saturated heterocycles. The molecule has 140 valence electrons. The molecular formula is C21H19F3N2S. The highest BCUT2D eigenvalue weighted by Crippen LogP contribution is 2.40. The van der Waals surface area contributed by atoms with Gasteiger partial charge >= 0.3 is 6.18 Å². The Labute approximate surface area is 158 Å². The maximum absolute atomic E-state index is 13.2. The Morgan fingerprint density at radius 3 is 2.59 bits per heavy atom. The van der Waals surface area contributed by atoms with E-state index in [0.717, 1.165) is 51.3 Å². The first-order chi connectivity index (χ1) is 13.0. The molecule has 2 heterocycles. The van der Waals surface area contributed by atoms with E-state index in [4.69, 9.17) is 5.73 Å². The SMILES string of the molecule is NCCCCc1c(-c2csc3ccccc23)[nH]c2ccc(C(F)(F)F)cc12. The zero-order valence-corrected chi connectivity index (χ0v) is 15.4. The van der Waals surface area contributed by atoms with E-state index in [1.54, 1.807) is 11.3 Å². The van der Waals surface area contributed by atoms with Gasteiger partial charge in [0, 0.05) is 31.9 Å². The molecule has 2 aromatic carbocycles. The van der Waals surface area contributed by atoms with Crippen LogP contribution in [-0.4, -0.2) is 11.5 Å². The molecule has 0 radical (unpaired) electrons. The highest BCUT2D eigenvalue weighted by atomic mass is 32.1. The van der Waals surface area contributed by atoms with Crippen molar-refractivity contribution in [3.05, 3.63) is 59.0 Å². The molecule has 0 fully saturated rings. The first kappa shape index (κ1) is 18.1. The van der Waals surface area contributed by atoms with E-state index >= 15 is 0 Å². The quantitative estimate of drug-likeness (QED) is 0.384. The van der Waals surface area contributed by atoms with Gasteiger partial charge in [-0.05, 0) is 55.6 Å². The number of unbranched alkanes of at least 4 members (excludes halogenated alkanes) is 1. The molecular weight excluding hydrogens is 369 g/mol. The standard InChI is InChI=1S/C21H19F3N2S/c22-21(23,24)13-8-9-18-16(11-13)15(6-3-4-10-25)20(26-18)17-12-27-19-7-2-1-5-14(17)19/h1-2,5,7-9,11-12,26H,3-4,6,10,25H2. The minimum Gasteiger partial charge on any atom is -0.354 e. The minimum absolute atomic E-state index is 0.576. The molecule has 2 nitrogen and oxygen atoms in total. The van der Waals surface area contributed by atoms with E-state index in [1.807, 2.05) is 12.1 Å². The van der Waals surface area contributed by atoms with Crippen LogP contribution in [0.25, 0.3) is 32.2 Å². The van der Waals surface area contributed by atoms with Crippen LogP contribution >= 0.6 is 11.3 Å². The topological polar surface area (TPSA) is 41.8 Å². The van der Waals surface area contributed by atoms with Crippen LogP contribution in [0.5, 0.6) is 0 Å². The number of fused-ring (bicyclic) bond motifs is 2. The molecule has 0 aliphatic carbocycles. The van der Waals surface area contributed by atoms with Gasteiger partial charge in [-0.15, -0.1) is 11.3 Å². The van der Waals surface area contributed by atoms with Crippen molar-refractivity contribution in [3.63, 3.8) is 0 Å². The molecule has 0 spiro atoms. The van der Waals surface area contributed by atoms with Crippen LogP contribution in [0.1, 0.15) is 24.0 Å². The number of aromatic nitrogens is 1. The average Bonchev–Trinajstić information content (AvgIpc) is 3.22. The number of halogens is 3. The van der Waals surface area contributed by atoms with Gasteiger partial charge in [0.05, 0.1) is 11.3 Å². The number of nitrogens with two attached hydrogens (primary N) is 1. The van der Waals surface area contributed by atoms with E-state index in [9.17, 15) is 13.2 Å². The number of rotatable bonds is 5. The summed E-state index contributed by atoms with van der Waals surface area (Å²) < 4.78 is 40.8. The Morgan fingerprint density at radius 2 is 1.81 bits per heavy atom. The molecule has 3 N–H and O–H groups in total. The summed E-state index contributed by atoms with van der Waals surface area (Å²) in [6.45, 7) is 0.576. The lowest BCUT2D eigenvalue weighted by molar-refractivity contribution is -0.137. The zero-order chi connectivity index (χ0) is 19.0. The highest BCUT2D eigenvalue weighted by Gasteiger charge is 2.31. The summed E-state index contributed by atoms with van der Waals surface area (Å²) in [6.07, 6.45) is -1.97. The van der Waals surface area contributed by atoms with Crippen molar-refractivity contribution in [3.8, 4) is 11.3 Å². The molecule has 0 aliphatic heterocycles. The number of H-pyrrole nitrogens is 1. The summed E-state index contributed by atoms with van der Waals surface area (Å²) in [7, 11) is 0. The zero-order valence-electron chi connectivity index (χ0n) is 14.6. The molecule has 4 aromatic rings. The molecule has 6 heteroatoms. The Morgan fingerprint density at radius 1 is 1.00 bits per heavy atom. The summed E-state index contributed by atoms with van der Waals surface area (Å²) in [5.41, 5.74) is 8.63. The summed E-state index contributed by atoms with van der Waals surface area (Å²) in [6, 6.07) is 12.0. The Kier molecular flexibility index (Phi) is 4.70. The summed E-state index contributed by atoms with van der Waals surface area (Å²) >= 11 is 1.64. The molecule has 4 rings (SSSR count). The van der Waals surface area contributed by atoms with Gasteiger partial charge in [0.1, 0.15) is 0 Å². The van der Waals surface area contributed by atoms with Crippen LogP contribution in [0.15, 0.2) is 47.8 Å². The summed E-state index contributed by atoms with van der Waals surface area (Å²) in [5, 5.41) is 3.84. The third kappa shape index (κ3) is 3.35. The molecule has 0 amide bonds. The van der Waals surface area contributed by atoms with Gasteiger partial charge in [0.2, 0.25) is 0 Å². The molecule has 0 saturated carbocycles. The first-order valence-electron chi connectivity index (χ1n) is 8.87. The number of benzene rings is 2. The van der Waals surface area contributed by atoms with Crippen molar-refractivity contribution in [1.29, 1.82) is 0 Å². The lowest BCUT2D eigenvalue weighted by Crippen LogP contribution is -2.04. The Bertz CT molecular complexity index is 1090. The van der Waals surface area contributed by atoms with E-state index in [0.29, 0.717) is 18.4 Å². The van der Waals surface area contributed by atoms with Crippen LogP contribution in [-0.2, 0) is 12.6 Å². The molecule has 0 aliphatic rings. The Balaban J connectivity index is 1.92. The van der Waals surface area contributed by atoms with Gasteiger partial charge in [0.25, 0.3) is 0 Å². The second kappa shape index (κ2) is 7.02. The number of aromatic amines is 1. The molecule has 0 bridgehead atoms. The number of nitrogens with one attached hydrogen (secondary N) is 1. The van der Waals surface area contributed by atoms with Gasteiger partial charge in [-0.3, -0.25) is 0 Å². The fourth-order valence-corrected chi connectivity index (χ4v) is 4.48.